The van der Waals surface area contributed by atoms with Crippen LogP contribution in [0.15, 0.2) is 33.0 Å². The highest BCUT2D eigenvalue weighted by Gasteiger charge is 2.04. The summed E-state index contributed by atoms with van der Waals surface area (Å²) in [6.07, 6.45) is 1.51. The number of guanidine groups is 1. The Hall–Kier alpha value is -2.44. The summed E-state index contributed by atoms with van der Waals surface area (Å²) in [4.78, 5) is 21.8. The molecule has 96 valence electrons. The van der Waals surface area contributed by atoms with Crippen molar-refractivity contribution in [3.8, 4) is 0 Å². The average Bonchev–Trinajstić information content (AvgIpc) is 2.77. The molecule has 1 aromatic rings. The fraction of sp³-hybridized carbons (Fsp3) is 0.273. The smallest absolute Gasteiger partial charge is 0.229 e. The van der Waals surface area contributed by atoms with Gasteiger partial charge in [-0.05, 0) is 19.1 Å². The summed E-state index contributed by atoms with van der Waals surface area (Å²) in [6, 6.07) is 3.45. The van der Waals surface area contributed by atoms with E-state index in [1.165, 1.54) is 20.1 Å². The summed E-state index contributed by atoms with van der Waals surface area (Å²) in [5, 5.41) is 12.3. The lowest BCUT2D eigenvalue weighted by molar-refractivity contribution is -0.117. The summed E-state index contributed by atoms with van der Waals surface area (Å²) in [6.45, 7) is 4.31. The highest BCUT2D eigenvalue weighted by molar-refractivity contribution is 6.04. The molecule has 0 unspecified atom stereocenters. The molecule has 0 radical (unpaired) electrons. The molecule has 0 spiro atoms. The number of hydrogen-bond acceptors (Lipinski definition) is 5. The third-order valence-corrected chi connectivity index (χ3v) is 1.77. The van der Waals surface area contributed by atoms with Crippen LogP contribution in [0.2, 0.25) is 0 Å². The summed E-state index contributed by atoms with van der Waals surface area (Å²) in [5.41, 5.74) is 0.521. The molecule has 1 rings (SSSR count). The van der Waals surface area contributed by atoms with Crippen LogP contribution in [0.3, 0.4) is 0 Å². The molecular weight excluding hydrogens is 236 g/mol. The van der Waals surface area contributed by atoms with Gasteiger partial charge in [0.05, 0.1) is 6.26 Å². The van der Waals surface area contributed by atoms with Crippen LogP contribution in [0.1, 0.15) is 26.5 Å². The topological polar surface area (TPSA) is 96.1 Å². The molecule has 0 saturated carbocycles. The molecule has 0 aliphatic carbocycles. The van der Waals surface area contributed by atoms with Gasteiger partial charge in [-0.2, -0.15) is 0 Å². The van der Waals surface area contributed by atoms with Crippen molar-refractivity contribution >= 4 is 23.5 Å². The average molecular weight is 250 g/mol. The SMILES string of the molecule is CC(=O)NC(=N/N=C(\C)c1ccco1)NC(C)=O. The maximum absolute atomic E-state index is 10.9. The van der Waals surface area contributed by atoms with Crippen molar-refractivity contribution in [2.75, 3.05) is 0 Å². The minimum Gasteiger partial charge on any atom is -0.463 e. The van der Waals surface area contributed by atoms with E-state index in [2.05, 4.69) is 20.8 Å². The minimum absolute atomic E-state index is 0.0269. The lowest BCUT2D eigenvalue weighted by Gasteiger charge is -2.04. The number of rotatable bonds is 2. The van der Waals surface area contributed by atoms with Crippen molar-refractivity contribution in [3.05, 3.63) is 24.2 Å². The molecule has 2 N–H and O–H groups in total. The van der Waals surface area contributed by atoms with E-state index in [1.54, 1.807) is 19.1 Å². The van der Waals surface area contributed by atoms with E-state index in [9.17, 15) is 9.59 Å². The summed E-state index contributed by atoms with van der Waals surface area (Å²) < 4.78 is 5.12. The molecule has 0 fully saturated rings. The van der Waals surface area contributed by atoms with Crippen molar-refractivity contribution in [3.63, 3.8) is 0 Å². The second-order valence-electron chi connectivity index (χ2n) is 3.47. The van der Waals surface area contributed by atoms with Gasteiger partial charge in [-0.15, -0.1) is 10.2 Å². The van der Waals surface area contributed by atoms with Gasteiger partial charge in [-0.25, -0.2) is 0 Å². The van der Waals surface area contributed by atoms with E-state index in [0.29, 0.717) is 11.5 Å². The van der Waals surface area contributed by atoms with Gasteiger partial charge in [0.1, 0.15) is 11.5 Å². The van der Waals surface area contributed by atoms with Crippen molar-refractivity contribution in [2.45, 2.75) is 20.8 Å². The largest absolute Gasteiger partial charge is 0.463 e. The van der Waals surface area contributed by atoms with Crippen LogP contribution < -0.4 is 10.6 Å². The number of carbonyl (C=O) groups excluding carboxylic acids is 2. The molecule has 0 saturated heterocycles. The molecule has 0 aliphatic heterocycles. The number of amides is 2. The van der Waals surface area contributed by atoms with E-state index < -0.39 is 0 Å². The second-order valence-corrected chi connectivity index (χ2v) is 3.47. The van der Waals surface area contributed by atoms with E-state index in [0.717, 1.165) is 0 Å². The predicted octanol–water partition coefficient (Wildman–Crippen LogP) is 0.632. The second kappa shape index (κ2) is 6.33. The Morgan fingerprint density at radius 2 is 1.72 bits per heavy atom. The molecule has 7 nitrogen and oxygen atoms in total. The van der Waals surface area contributed by atoms with Crippen LogP contribution in [0.4, 0.5) is 0 Å². The maximum atomic E-state index is 10.9. The quantitative estimate of drug-likeness (QED) is 0.457. The Morgan fingerprint density at radius 3 is 2.17 bits per heavy atom. The number of furan rings is 1. The first-order valence-corrected chi connectivity index (χ1v) is 5.20. The van der Waals surface area contributed by atoms with Crippen LogP contribution in [0.25, 0.3) is 0 Å². The number of hydrogen-bond donors (Lipinski definition) is 2. The Bertz CT molecular complexity index is 470. The minimum atomic E-state index is -0.353. The highest BCUT2D eigenvalue weighted by atomic mass is 16.3. The van der Waals surface area contributed by atoms with E-state index in [4.69, 9.17) is 4.42 Å². The Balaban J connectivity index is 2.84. The molecule has 1 heterocycles. The van der Waals surface area contributed by atoms with E-state index >= 15 is 0 Å². The normalized spacial score (nSPS) is 10.7. The van der Waals surface area contributed by atoms with Crippen LogP contribution in [-0.2, 0) is 9.59 Å². The Morgan fingerprint density at radius 1 is 1.11 bits per heavy atom. The van der Waals surface area contributed by atoms with Crippen molar-refractivity contribution < 1.29 is 14.0 Å². The first-order chi connectivity index (χ1) is 8.49. The summed E-state index contributed by atoms with van der Waals surface area (Å²) >= 11 is 0. The van der Waals surface area contributed by atoms with Gasteiger partial charge < -0.3 is 4.42 Å². The van der Waals surface area contributed by atoms with Crippen molar-refractivity contribution in [2.24, 2.45) is 10.2 Å². The van der Waals surface area contributed by atoms with Crippen molar-refractivity contribution in [1.82, 2.24) is 10.6 Å². The third-order valence-electron chi connectivity index (χ3n) is 1.77. The van der Waals surface area contributed by atoms with Crippen molar-refractivity contribution in [1.29, 1.82) is 0 Å². The molecule has 0 bridgehead atoms. The zero-order chi connectivity index (χ0) is 13.5. The van der Waals surface area contributed by atoms with Gasteiger partial charge in [-0.1, -0.05) is 0 Å². The molecule has 2 amide bonds. The van der Waals surface area contributed by atoms with Gasteiger partial charge in [0.2, 0.25) is 17.8 Å². The number of nitrogens with zero attached hydrogens (tertiary/aromatic N) is 2. The number of carbonyl (C=O) groups is 2. The monoisotopic (exact) mass is 250 g/mol. The molecule has 7 heteroatoms. The molecule has 0 aromatic carbocycles. The first-order valence-electron chi connectivity index (χ1n) is 5.20. The van der Waals surface area contributed by atoms with Gasteiger partial charge >= 0.3 is 0 Å². The Labute approximate surface area is 104 Å². The maximum Gasteiger partial charge on any atom is 0.229 e. The summed E-state index contributed by atoms with van der Waals surface area (Å²) in [7, 11) is 0. The predicted molar refractivity (Wildman–Crippen MR) is 66.0 cm³/mol. The standard InChI is InChI=1S/C11H14N4O3/c1-7(10-5-4-6-18-10)14-15-11(12-8(2)16)13-9(3)17/h4-6H,1-3H3,(H2,12,13,15,16,17)/b14-7+. The zero-order valence-corrected chi connectivity index (χ0v) is 10.4. The van der Waals surface area contributed by atoms with Crippen LogP contribution in [-0.4, -0.2) is 23.5 Å². The molecule has 0 atom stereocenters. The molecule has 0 aliphatic rings. The van der Waals surface area contributed by atoms with Crippen LogP contribution >= 0.6 is 0 Å². The van der Waals surface area contributed by atoms with Crippen LogP contribution in [0.5, 0.6) is 0 Å². The van der Waals surface area contributed by atoms with Crippen LogP contribution in [0, 0.1) is 0 Å². The lowest BCUT2D eigenvalue weighted by atomic mass is 10.3. The fourth-order valence-corrected chi connectivity index (χ4v) is 1.07. The Kier molecular flexibility index (Phi) is 4.79. The first kappa shape index (κ1) is 13.6. The summed E-state index contributed by atoms with van der Waals surface area (Å²) in [5.74, 6) is -0.175. The van der Waals surface area contributed by atoms with Gasteiger partial charge in [0.25, 0.3) is 0 Å². The zero-order valence-electron chi connectivity index (χ0n) is 10.4. The number of nitrogens with one attached hydrogen (secondary N) is 2. The van der Waals surface area contributed by atoms with Gasteiger partial charge in [-0.3, -0.25) is 20.2 Å². The van der Waals surface area contributed by atoms with E-state index in [1.807, 2.05) is 0 Å². The van der Waals surface area contributed by atoms with Gasteiger partial charge in [0, 0.05) is 13.8 Å². The lowest BCUT2D eigenvalue weighted by Crippen LogP contribution is -2.41. The highest BCUT2D eigenvalue weighted by Crippen LogP contribution is 2.01. The fourth-order valence-electron chi connectivity index (χ4n) is 1.07. The van der Waals surface area contributed by atoms with E-state index in [-0.39, 0.29) is 17.8 Å². The van der Waals surface area contributed by atoms with Gasteiger partial charge in [0.15, 0.2) is 0 Å². The third kappa shape index (κ3) is 4.60. The molecular formula is C11H14N4O3. The molecule has 18 heavy (non-hydrogen) atoms. The molecule has 1 aromatic heterocycles.